The summed E-state index contributed by atoms with van der Waals surface area (Å²) >= 11 is 0. The summed E-state index contributed by atoms with van der Waals surface area (Å²) in [6.45, 7) is 3.50. The Bertz CT molecular complexity index is 988. The summed E-state index contributed by atoms with van der Waals surface area (Å²) in [6, 6.07) is -1.38. The number of rotatable bonds is 45. The molecular weight excluding hydrogens is 729 g/mol. The van der Waals surface area contributed by atoms with Gasteiger partial charge in [0, 0.05) is 12.8 Å². The lowest BCUT2D eigenvalue weighted by atomic mass is 10.0. The van der Waals surface area contributed by atoms with Crippen LogP contribution in [-0.4, -0.2) is 59.3 Å². The van der Waals surface area contributed by atoms with E-state index in [9.17, 15) is 19.2 Å². The molecule has 0 radical (unpaired) electrons. The molecule has 0 aliphatic rings. The van der Waals surface area contributed by atoms with Crippen molar-refractivity contribution in [3.63, 3.8) is 0 Å². The highest BCUT2D eigenvalue weighted by molar-refractivity contribution is 5.87. The molecule has 0 rings (SSSR count). The van der Waals surface area contributed by atoms with E-state index in [-0.39, 0.29) is 24.5 Å². The number of aliphatic hydroxyl groups excluding tert-OH is 1. The van der Waals surface area contributed by atoms with E-state index in [1.807, 2.05) is 0 Å². The molecule has 9 heteroatoms. The van der Waals surface area contributed by atoms with Crippen LogP contribution in [0.4, 0.5) is 0 Å². The number of esters is 1. The van der Waals surface area contributed by atoms with Crippen LogP contribution >= 0.6 is 0 Å². The Balaban J connectivity index is 4.13. The number of amides is 2. The Morgan fingerprint density at radius 3 is 1.34 bits per heavy atom. The molecular formula is C49H92N2O7. The van der Waals surface area contributed by atoms with Crippen molar-refractivity contribution in [3.05, 3.63) is 12.2 Å². The van der Waals surface area contributed by atoms with Gasteiger partial charge in [0.2, 0.25) is 11.8 Å². The van der Waals surface area contributed by atoms with E-state index < -0.39 is 24.5 Å². The fourth-order valence-electron chi connectivity index (χ4n) is 7.45. The molecule has 0 heterocycles. The Morgan fingerprint density at radius 1 is 0.517 bits per heavy atom. The Hall–Kier alpha value is -2.42. The topological polar surface area (TPSA) is 142 Å². The second-order valence-corrected chi connectivity index (χ2v) is 16.9. The molecule has 9 nitrogen and oxygen atoms in total. The van der Waals surface area contributed by atoms with Gasteiger partial charge in [-0.25, -0.2) is 4.79 Å². The zero-order valence-corrected chi connectivity index (χ0v) is 37.8. The minimum atomic E-state index is -1.38. The summed E-state index contributed by atoms with van der Waals surface area (Å²) < 4.78 is 5.97. The van der Waals surface area contributed by atoms with Crippen molar-refractivity contribution in [2.75, 3.05) is 13.2 Å². The number of aliphatic hydroxyl groups is 1. The van der Waals surface area contributed by atoms with E-state index in [0.717, 1.165) is 57.8 Å². The van der Waals surface area contributed by atoms with Gasteiger partial charge >= 0.3 is 11.9 Å². The second-order valence-electron chi connectivity index (χ2n) is 16.9. The number of unbranched alkanes of at least 4 members (excludes halogenated alkanes) is 31. The standard InChI is InChI=1S/C49H92N2O7/c1-3-5-7-9-11-13-14-15-16-17-18-19-20-21-22-23-25-27-33-37-41-48(55)58-44(38-34-30-26-24-12-10-8-6-4-2)39-35-31-28-29-32-36-40-46(53)50-42-47(54)51-45(43-52)49(56)57/h34,38,44-45,52H,3-33,35-37,39-43H2,1-2H3,(H,50,53)(H,51,54)(H,56,57)/b38-34-. The van der Waals surface area contributed by atoms with Crippen LogP contribution in [0.1, 0.15) is 251 Å². The molecule has 58 heavy (non-hydrogen) atoms. The summed E-state index contributed by atoms with van der Waals surface area (Å²) in [5.74, 6) is -2.30. The molecule has 4 N–H and O–H groups in total. The number of ether oxygens (including phenoxy) is 1. The van der Waals surface area contributed by atoms with Crippen LogP contribution in [0.15, 0.2) is 12.2 Å². The number of carboxylic acid groups (broad SMARTS) is 1. The number of nitrogens with one attached hydrogen (secondary N) is 2. The van der Waals surface area contributed by atoms with Crippen LogP contribution in [0.3, 0.4) is 0 Å². The lowest BCUT2D eigenvalue weighted by Crippen LogP contribution is -2.47. The maximum atomic E-state index is 12.8. The molecule has 2 atom stereocenters. The molecule has 0 aromatic carbocycles. The van der Waals surface area contributed by atoms with Crippen molar-refractivity contribution >= 4 is 23.8 Å². The SMILES string of the molecule is CCCCCCCCC/C=C\C(CCCCCCCCC(=O)NCC(=O)NC(CO)C(=O)O)OC(=O)CCCCCCCCCCCCCCCCCCCCCC. The molecule has 0 aliphatic heterocycles. The first kappa shape index (κ1) is 55.6. The first-order valence-electron chi connectivity index (χ1n) is 24.6. The normalized spacial score (nSPS) is 12.5. The highest BCUT2D eigenvalue weighted by Gasteiger charge is 2.18. The number of hydrogen-bond donors (Lipinski definition) is 4. The summed E-state index contributed by atoms with van der Waals surface area (Å²) in [5, 5.41) is 22.6. The highest BCUT2D eigenvalue weighted by Crippen LogP contribution is 2.17. The number of allylic oxidation sites excluding steroid dienone is 1. The smallest absolute Gasteiger partial charge is 0.328 e. The van der Waals surface area contributed by atoms with Gasteiger partial charge < -0.3 is 25.6 Å². The van der Waals surface area contributed by atoms with E-state index in [1.54, 1.807) is 0 Å². The van der Waals surface area contributed by atoms with Gasteiger partial charge in [0.05, 0.1) is 13.2 Å². The van der Waals surface area contributed by atoms with Gasteiger partial charge in [-0.3, -0.25) is 14.4 Å². The molecule has 0 aromatic rings. The predicted octanol–water partition coefficient (Wildman–Crippen LogP) is 12.6. The maximum absolute atomic E-state index is 12.8. The van der Waals surface area contributed by atoms with E-state index in [2.05, 4.69) is 36.6 Å². The molecule has 0 aromatic heterocycles. The molecule has 0 saturated heterocycles. The lowest BCUT2D eigenvalue weighted by Gasteiger charge is -2.15. The Morgan fingerprint density at radius 2 is 0.914 bits per heavy atom. The molecule has 0 bridgehead atoms. The van der Waals surface area contributed by atoms with Gasteiger partial charge in [0.15, 0.2) is 0 Å². The van der Waals surface area contributed by atoms with Crippen LogP contribution < -0.4 is 10.6 Å². The van der Waals surface area contributed by atoms with Gasteiger partial charge in [-0.1, -0.05) is 206 Å². The van der Waals surface area contributed by atoms with Crippen LogP contribution in [0.5, 0.6) is 0 Å². The number of carbonyl (C=O) groups is 4. The van der Waals surface area contributed by atoms with Gasteiger partial charge in [-0.15, -0.1) is 0 Å². The highest BCUT2D eigenvalue weighted by atomic mass is 16.5. The molecule has 2 unspecified atom stereocenters. The van der Waals surface area contributed by atoms with Crippen molar-refractivity contribution in [3.8, 4) is 0 Å². The monoisotopic (exact) mass is 821 g/mol. The number of carbonyl (C=O) groups excluding carboxylic acids is 3. The summed E-state index contributed by atoms with van der Waals surface area (Å²) in [4.78, 5) is 47.5. The minimum absolute atomic E-state index is 0.0705. The third kappa shape index (κ3) is 40.4. The minimum Gasteiger partial charge on any atom is -0.480 e. The zero-order valence-electron chi connectivity index (χ0n) is 37.8. The molecule has 0 fully saturated rings. The third-order valence-electron chi connectivity index (χ3n) is 11.2. The van der Waals surface area contributed by atoms with E-state index in [1.165, 1.54) is 161 Å². The van der Waals surface area contributed by atoms with E-state index in [0.29, 0.717) is 19.3 Å². The average molecular weight is 821 g/mol. The Labute approximate surface area is 356 Å². The average Bonchev–Trinajstić information content (AvgIpc) is 3.21. The molecule has 0 aliphatic carbocycles. The van der Waals surface area contributed by atoms with Crippen LogP contribution in [-0.2, 0) is 23.9 Å². The van der Waals surface area contributed by atoms with Crippen molar-refractivity contribution in [2.24, 2.45) is 0 Å². The summed E-state index contributed by atoms with van der Waals surface area (Å²) in [5.41, 5.74) is 0. The quantitative estimate of drug-likeness (QED) is 0.0272. The van der Waals surface area contributed by atoms with E-state index >= 15 is 0 Å². The van der Waals surface area contributed by atoms with Crippen molar-refractivity contribution in [1.29, 1.82) is 0 Å². The third-order valence-corrected chi connectivity index (χ3v) is 11.2. The number of aliphatic carboxylic acids is 1. The molecule has 2 amide bonds. The number of hydrogen-bond acceptors (Lipinski definition) is 6. The second kappa shape index (κ2) is 44.1. The first-order chi connectivity index (χ1) is 28.3. The molecule has 0 spiro atoms. The van der Waals surface area contributed by atoms with Gasteiger partial charge in [-0.2, -0.15) is 0 Å². The molecule has 340 valence electrons. The summed E-state index contributed by atoms with van der Waals surface area (Å²) in [6.07, 6.45) is 48.4. The molecule has 0 saturated carbocycles. The van der Waals surface area contributed by atoms with Crippen LogP contribution in [0.2, 0.25) is 0 Å². The van der Waals surface area contributed by atoms with Crippen LogP contribution in [0, 0.1) is 0 Å². The van der Waals surface area contributed by atoms with Gasteiger partial charge in [0.1, 0.15) is 12.1 Å². The summed E-state index contributed by atoms with van der Waals surface area (Å²) in [7, 11) is 0. The lowest BCUT2D eigenvalue weighted by molar-refractivity contribution is -0.147. The van der Waals surface area contributed by atoms with Gasteiger partial charge in [-0.05, 0) is 44.6 Å². The van der Waals surface area contributed by atoms with Gasteiger partial charge in [0.25, 0.3) is 0 Å². The first-order valence-corrected chi connectivity index (χ1v) is 24.6. The number of carboxylic acids is 1. The van der Waals surface area contributed by atoms with E-state index in [4.69, 9.17) is 14.9 Å². The Kier molecular flexibility index (Phi) is 42.3. The largest absolute Gasteiger partial charge is 0.480 e. The van der Waals surface area contributed by atoms with Crippen molar-refractivity contribution < 1.29 is 34.1 Å². The zero-order chi connectivity index (χ0) is 42.6. The maximum Gasteiger partial charge on any atom is 0.328 e. The van der Waals surface area contributed by atoms with Crippen molar-refractivity contribution in [1.82, 2.24) is 10.6 Å². The van der Waals surface area contributed by atoms with Crippen molar-refractivity contribution in [2.45, 2.75) is 264 Å². The van der Waals surface area contributed by atoms with Crippen LogP contribution in [0.25, 0.3) is 0 Å². The predicted molar refractivity (Wildman–Crippen MR) is 241 cm³/mol. The fraction of sp³-hybridized carbons (Fsp3) is 0.878. The fourth-order valence-corrected chi connectivity index (χ4v) is 7.45.